The highest BCUT2D eigenvalue weighted by Gasteiger charge is 2.31. The number of likely N-dealkylation sites (N-methyl/N-ethyl adjacent to an activating group) is 1. The topological polar surface area (TPSA) is 150 Å². The molecule has 3 aromatic carbocycles. The van der Waals surface area contributed by atoms with E-state index in [1.807, 2.05) is 69.1 Å². The average Bonchev–Trinajstić information content (AvgIpc) is 3.36. The van der Waals surface area contributed by atoms with Gasteiger partial charge in [0.15, 0.2) is 10.7 Å². The zero-order valence-electron chi connectivity index (χ0n) is 32.2. The van der Waals surface area contributed by atoms with Crippen molar-refractivity contribution in [2.24, 2.45) is 0 Å². The van der Waals surface area contributed by atoms with E-state index in [0.717, 1.165) is 59.5 Å². The number of para-hydroxylation sites is 1. The maximum Gasteiger partial charge on any atom is 0.338 e. The number of ketones is 1. The highest BCUT2D eigenvalue weighted by molar-refractivity contribution is 7.89. The van der Waals surface area contributed by atoms with Crippen molar-refractivity contribution in [3.05, 3.63) is 93.0 Å². The molecule has 13 heteroatoms. The number of nitro benzene ring substituents is 1. The molecule has 1 fully saturated rings. The molecule has 292 valence electrons. The van der Waals surface area contributed by atoms with Crippen molar-refractivity contribution >= 4 is 44.4 Å². The smallest absolute Gasteiger partial charge is 0.338 e. The molecule has 0 amide bonds. The Bertz CT molecular complexity index is 2250. The third-order valence-electron chi connectivity index (χ3n) is 10.4. The number of allylic oxidation sites excluding steroid dienone is 1. The van der Waals surface area contributed by atoms with Gasteiger partial charge in [-0.25, -0.2) is 17.9 Å². The van der Waals surface area contributed by atoms with Gasteiger partial charge in [-0.15, -0.1) is 0 Å². The molecule has 0 atom stereocenters. The quantitative estimate of drug-likeness (QED) is 0.0767. The molecule has 1 saturated carbocycles. The summed E-state index contributed by atoms with van der Waals surface area (Å²) < 4.78 is 41.7. The lowest BCUT2D eigenvalue weighted by Crippen LogP contribution is -2.33. The molecule has 0 bridgehead atoms. The Morgan fingerprint density at radius 3 is 2.47 bits per heavy atom. The lowest BCUT2D eigenvalue weighted by Gasteiger charge is -2.24. The van der Waals surface area contributed by atoms with E-state index >= 15 is 0 Å². The molecule has 2 heterocycles. The summed E-state index contributed by atoms with van der Waals surface area (Å²) in [6.07, 6.45) is 8.44. The van der Waals surface area contributed by atoms with Gasteiger partial charge in [0.25, 0.3) is 5.69 Å². The molecule has 1 aromatic heterocycles. The summed E-state index contributed by atoms with van der Waals surface area (Å²) in [6.45, 7) is 6.79. The van der Waals surface area contributed by atoms with Crippen LogP contribution in [0.3, 0.4) is 0 Å². The van der Waals surface area contributed by atoms with Gasteiger partial charge in [0.2, 0.25) is 10.0 Å². The van der Waals surface area contributed by atoms with E-state index in [1.54, 1.807) is 7.11 Å². The van der Waals surface area contributed by atoms with Crippen LogP contribution in [0.25, 0.3) is 28.2 Å². The van der Waals surface area contributed by atoms with Crippen molar-refractivity contribution in [1.29, 1.82) is 0 Å². The van der Waals surface area contributed by atoms with Crippen molar-refractivity contribution in [2.45, 2.75) is 88.7 Å². The largest absolute Gasteiger partial charge is 0.497 e. The molecule has 4 aromatic rings. The molecule has 0 spiro atoms. The highest BCUT2D eigenvalue weighted by Crippen LogP contribution is 2.47. The van der Waals surface area contributed by atoms with Gasteiger partial charge in [-0.3, -0.25) is 14.9 Å². The maximum absolute atomic E-state index is 14.1. The third kappa shape index (κ3) is 9.01. The molecule has 12 nitrogen and oxygen atoms in total. The molecule has 1 N–H and O–H groups in total. The lowest BCUT2D eigenvalue weighted by atomic mass is 9.81. The second kappa shape index (κ2) is 16.5. The number of methoxy groups -OCH3 is 1. The van der Waals surface area contributed by atoms with Crippen molar-refractivity contribution < 1.29 is 32.4 Å². The van der Waals surface area contributed by atoms with Crippen LogP contribution >= 0.6 is 0 Å². The van der Waals surface area contributed by atoms with Crippen LogP contribution < -0.4 is 9.46 Å². The predicted molar refractivity (Wildman–Crippen MR) is 213 cm³/mol. The molecular formula is C42H50N4O8S. The van der Waals surface area contributed by atoms with Gasteiger partial charge in [0.05, 0.1) is 29.8 Å². The fraction of sp³-hybridized carbons (Fsp3) is 0.429. The fourth-order valence-corrected chi connectivity index (χ4v) is 8.93. The number of hydrogen-bond acceptors (Lipinski definition) is 9. The van der Waals surface area contributed by atoms with E-state index in [2.05, 4.69) is 15.4 Å². The summed E-state index contributed by atoms with van der Waals surface area (Å²) in [5.74, 6) is 0.636. The first-order valence-corrected chi connectivity index (χ1v) is 20.4. The van der Waals surface area contributed by atoms with E-state index in [1.165, 1.54) is 30.2 Å². The van der Waals surface area contributed by atoms with Crippen molar-refractivity contribution in [2.75, 3.05) is 33.8 Å². The Labute approximate surface area is 322 Å². The number of nitro groups is 1. The van der Waals surface area contributed by atoms with E-state index in [-0.39, 0.29) is 23.6 Å². The number of Topliss-reactive ketones (excluding diaryl/α,β-unsaturated/α-hetero) is 1. The van der Waals surface area contributed by atoms with Crippen LogP contribution in [0.2, 0.25) is 0 Å². The number of ether oxygens (including phenoxy) is 2. The molecule has 55 heavy (non-hydrogen) atoms. The summed E-state index contributed by atoms with van der Waals surface area (Å²) in [7, 11) is -0.625. The van der Waals surface area contributed by atoms with Gasteiger partial charge < -0.3 is 18.9 Å². The van der Waals surface area contributed by atoms with Crippen molar-refractivity contribution in [1.82, 2.24) is 14.2 Å². The lowest BCUT2D eigenvalue weighted by molar-refractivity contribution is -0.387. The molecule has 1 aliphatic carbocycles. The van der Waals surface area contributed by atoms with E-state index in [4.69, 9.17) is 9.47 Å². The van der Waals surface area contributed by atoms with Crippen LogP contribution in [0.4, 0.5) is 5.69 Å². The molecular weight excluding hydrogens is 721 g/mol. The van der Waals surface area contributed by atoms with Gasteiger partial charge in [0, 0.05) is 47.6 Å². The average molecular weight is 771 g/mol. The maximum atomic E-state index is 14.1. The van der Waals surface area contributed by atoms with Crippen molar-refractivity contribution in [3.8, 4) is 17.0 Å². The number of benzene rings is 3. The summed E-state index contributed by atoms with van der Waals surface area (Å²) in [5.41, 5.74) is 5.11. The number of rotatable bonds is 14. The van der Waals surface area contributed by atoms with Crippen LogP contribution in [0, 0.1) is 10.1 Å². The number of carbonyl (C=O) groups is 2. The first kappa shape index (κ1) is 39.8. The van der Waals surface area contributed by atoms with Crippen LogP contribution in [0.5, 0.6) is 5.75 Å². The highest BCUT2D eigenvalue weighted by atomic mass is 32.2. The molecule has 6 rings (SSSR count). The number of fused-ring (bicyclic) bond motifs is 5. The third-order valence-corrected chi connectivity index (χ3v) is 11.9. The van der Waals surface area contributed by atoms with Gasteiger partial charge in [-0.1, -0.05) is 37.5 Å². The molecule has 0 saturated heterocycles. The first-order chi connectivity index (χ1) is 26.2. The molecule has 0 unspecified atom stereocenters. The number of aromatic nitrogens is 1. The minimum atomic E-state index is -4.09. The molecule has 1 aliphatic heterocycles. The second-order valence-corrected chi connectivity index (χ2v) is 17.2. The summed E-state index contributed by atoms with van der Waals surface area (Å²) in [5, 5.41) is 12.4. The summed E-state index contributed by atoms with van der Waals surface area (Å²) >= 11 is 0. The zero-order valence-corrected chi connectivity index (χ0v) is 33.0. The summed E-state index contributed by atoms with van der Waals surface area (Å²) in [4.78, 5) is 39.6. The first-order valence-electron chi connectivity index (χ1n) is 18.9. The monoisotopic (exact) mass is 770 g/mol. The number of nitrogens with one attached hydrogen (secondary N) is 1. The minimum absolute atomic E-state index is 0.00327. The van der Waals surface area contributed by atoms with Crippen LogP contribution in [0.1, 0.15) is 93.1 Å². The van der Waals surface area contributed by atoms with Gasteiger partial charge in [-0.05, 0) is 113 Å². The van der Waals surface area contributed by atoms with Crippen LogP contribution in [-0.2, 0) is 26.1 Å². The molecule has 0 radical (unpaired) electrons. The van der Waals surface area contributed by atoms with E-state index in [9.17, 15) is 28.1 Å². The Morgan fingerprint density at radius 1 is 1.02 bits per heavy atom. The second-order valence-electron chi connectivity index (χ2n) is 15.5. The standard InChI is InChI=1S/C42H50N4O8S/c1-42(2,3)54-41(48)29-17-19-34-36(26-29)45-27-31(24-30-25-32(53-5)18-20-33(30)40(45)39(34)28-12-7-6-8-13-28)37(47)15-11-22-44(4)23-21-43-55(51,52)38-16-10-9-14-35(38)46(49)50/h9-10,14,16-20,24-26,28,43H,6-8,11-13,15,21-23,27H2,1-5H3. The SMILES string of the molecule is COc1ccc2c(c1)C=C(C(=O)CCCN(C)CCNS(=O)(=O)c1ccccc1[N+](=O)[O-])Cn1c-2c(C2CCCCC2)c2ccc(C(=O)OC(C)(C)C)cc21. The number of carbonyl (C=O) groups excluding carboxylic acids is 2. The van der Waals surface area contributed by atoms with E-state index < -0.39 is 32.2 Å². The Balaban J connectivity index is 1.24. The Morgan fingerprint density at radius 2 is 1.76 bits per heavy atom. The van der Waals surface area contributed by atoms with E-state index in [0.29, 0.717) is 48.9 Å². The van der Waals surface area contributed by atoms with Crippen molar-refractivity contribution in [3.63, 3.8) is 0 Å². The van der Waals surface area contributed by atoms with Crippen LogP contribution in [-0.4, -0.2) is 74.0 Å². The zero-order chi connectivity index (χ0) is 39.5. The van der Waals surface area contributed by atoms with Crippen LogP contribution in [0.15, 0.2) is 71.1 Å². The number of nitrogens with zero attached hydrogens (tertiary/aromatic N) is 3. The predicted octanol–water partition coefficient (Wildman–Crippen LogP) is 7.88. The Hall–Kier alpha value is -4.85. The minimum Gasteiger partial charge on any atom is -0.497 e. The Kier molecular flexibility index (Phi) is 11.9. The number of hydrogen-bond donors (Lipinski definition) is 1. The molecule has 2 aliphatic rings. The number of sulfonamides is 1. The fourth-order valence-electron chi connectivity index (χ4n) is 7.74. The van der Waals surface area contributed by atoms with Gasteiger partial charge >= 0.3 is 5.97 Å². The van der Waals surface area contributed by atoms with Gasteiger partial charge in [-0.2, -0.15) is 0 Å². The van der Waals surface area contributed by atoms with Gasteiger partial charge in [0.1, 0.15) is 11.4 Å². The number of esters is 1. The summed E-state index contributed by atoms with van der Waals surface area (Å²) in [6, 6.07) is 17.1. The normalized spacial score (nSPS) is 14.9.